The number of sulfonamides is 1. The van der Waals surface area contributed by atoms with Crippen LogP contribution in [0.3, 0.4) is 0 Å². The van der Waals surface area contributed by atoms with E-state index in [1.807, 2.05) is 13.8 Å². The summed E-state index contributed by atoms with van der Waals surface area (Å²) in [7, 11) is -3.38. The summed E-state index contributed by atoms with van der Waals surface area (Å²) in [6.45, 7) is 6.58. The second-order valence-electron chi connectivity index (χ2n) is 4.74. The molecule has 1 rings (SSSR count). The zero-order valence-electron chi connectivity index (χ0n) is 11.0. The van der Waals surface area contributed by atoms with E-state index < -0.39 is 10.0 Å². The van der Waals surface area contributed by atoms with Gasteiger partial charge in [-0.25, -0.2) is 13.1 Å². The highest BCUT2D eigenvalue weighted by Gasteiger charge is 2.16. The summed E-state index contributed by atoms with van der Waals surface area (Å²) in [5, 5.41) is 3.24. The summed E-state index contributed by atoms with van der Waals surface area (Å²) in [5.41, 5.74) is 6.25. The zero-order chi connectivity index (χ0) is 13.8. The molecule has 4 N–H and O–H groups in total. The largest absolute Gasteiger partial charge is 0.379 e. The van der Waals surface area contributed by atoms with Gasteiger partial charge in [-0.05, 0) is 38.1 Å². The molecule has 0 saturated heterocycles. The molecule has 5 nitrogen and oxygen atoms in total. The Kier molecular flexibility index (Phi) is 4.72. The molecule has 0 radical (unpaired) electrons. The van der Waals surface area contributed by atoms with E-state index in [-0.39, 0.29) is 10.4 Å². The lowest BCUT2D eigenvalue weighted by Crippen LogP contribution is -2.39. The number of hydrogen-bond acceptors (Lipinski definition) is 4. The minimum Gasteiger partial charge on any atom is -0.379 e. The van der Waals surface area contributed by atoms with E-state index in [1.54, 1.807) is 31.2 Å². The van der Waals surface area contributed by atoms with Crippen molar-refractivity contribution in [2.75, 3.05) is 18.4 Å². The molecule has 0 bridgehead atoms. The number of anilines is 1. The van der Waals surface area contributed by atoms with E-state index >= 15 is 0 Å². The molecule has 1 aromatic carbocycles. The fourth-order valence-electron chi connectivity index (χ4n) is 1.43. The van der Waals surface area contributed by atoms with Gasteiger partial charge in [0.05, 0.1) is 4.90 Å². The molecule has 6 heteroatoms. The second kappa shape index (κ2) is 5.69. The highest BCUT2D eigenvalue weighted by molar-refractivity contribution is 7.89. The Labute approximate surface area is 109 Å². The molecular weight excluding hydrogens is 250 g/mol. The molecule has 0 heterocycles. The standard InChI is InChI=1S/C12H21N3O2S/c1-4-14-18(16,17)11-7-5-10(6-8-11)15-12(2,3)9-13/h5-8,14-15H,4,9,13H2,1-3H3. The molecule has 18 heavy (non-hydrogen) atoms. The van der Waals surface area contributed by atoms with Gasteiger partial charge in [0, 0.05) is 24.3 Å². The van der Waals surface area contributed by atoms with E-state index in [9.17, 15) is 8.42 Å². The van der Waals surface area contributed by atoms with E-state index in [0.717, 1.165) is 5.69 Å². The van der Waals surface area contributed by atoms with Crippen LogP contribution in [0.4, 0.5) is 5.69 Å². The topological polar surface area (TPSA) is 84.2 Å². The third-order valence-corrected chi connectivity index (χ3v) is 4.05. The average Bonchev–Trinajstić information content (AvgIpc) is 2.29. The molecule has 0 aromatic heterocycles. The van der Waals surface area contributed by atoms with Crippen molar-refractivity contribution < 1.29 is 8.42 Å². The molecule has 0 fully saturated rings. The number of nitrogens with two attached hydrogens (primary N) is 1. The summed E-state index contributed by atoms with van der Waals surface area (Å²) in [5.74, 6) is 0. The maximum absolute atomic E-state index is 11.7. The first-order valence-electron chi connectivity index (χ1n) is 5.89. The minimum absolute atomic E-state index is 0.220. The fourth-order valence-corrected chi connectivity index (χ4v) is 2.47. The van der Waals surface area contributed by atoms with E-state index in [0.29, 0.717) is 13.1 Å². The van der Waals surface area contributed by atoms with Crippen molar-refractivity contribution in [1.29, 1.82) is 0 Å². The first kappa shape index (κ1) is 14.9. The van der Waals surface area contributed by atoms with Gasteiger partial charge < -0.3 is 11.1 Å². The van der Waals surface area contributed by atoms with Gasteiger partial charge in [0.1, 0.15) is 0 Å². The average molecular weight is 271 g/mol. The summed E-state index contributed by atoms with van der Waals surface area (Å²) in [6.07, 6.45) is 0. The van der Waals surface area contributed by atoms with Gasteiger partial charge in [-0.15, -0.1) is 0 Å². The first-order chi connectivity index (χ1) is 8.30. The van der Waals surface area contributed by atoms with Gasteiger partial charge in [-0.2, -0.15) is 0 Å². The van der Waals surface area contributed by atoms with Crippen molar-refractivity contribution in [3.8, 4) is 0 Å². The van der Waals surface area contributed by atoms with Gasteiger partial charge >= 0.3 is 0 Å². The predicted molar refractivity (Wildman–Crippen MR) is 74.1 cm³/mol. The Morgan fingerprint density at radius 2 is 1.78 bits per heavy atom. The quantitative estimate of drug-likeness (QED) is 0.724. The summed E-state index contributed by atoms with van der Waals surface area (Å²) in [4.78, 5) is 0.264. The number of hydrogen-bond donors (Lipinski definition) is 3. The summed E-state index contributed by atoms with van der Waals surface area (Å²) in [6, 6.07) is 6.63. The fraction of sp³-hybridized carbons (Fsp3) is 0.500. The number of benzene rings is 1. The second-order valence-corrected chi connectivity index (χ2v) is 6.51. The number of nitrogens with one attached hydrogen (secondary N) is 2. The van der Waals surface area contributed by atoms with Gasteiger partial charge in [0.15, 0.2) is 0 Å². The van der Waals surface area contributed by atoms with Crippen LogP contribution >= 0.6 is 0 Å². The molecule has 0 spiro atoms. The molecule has 102 valence electrons. The van der Waals surface area contributed by atoms with E-state index in [2.05, 4.69) is 10.0 Å². The van der Waals surface area contributed by atoms with Crippen LogP contribution in [0.1, 0.15) is 20.8 Å². The summed E-state index contributed by atoms with van der Waals surface area (Å²) >= 11 is 0. The highest BCUT2D eigenvalue weighted by Crippen LogP contribution is 2.17. The van der Waals surface area contributed by atoms with Crippen molar-refractivity contribution in [1.82, 2.24) is 4.72 Å². The third kappa shape index (κ3) is 3.97. The van der Waals surface area contributed by atoms with E-state index in [4.69, 9.17) is 5.73 Å². The molecule has 0 aliphatic carbocycles. The van der Waals surface area contributed by atoms with Gasteiger partial charge in [0.25, 0.3) is 0 Å². The van der Waals surface area contributed by atoms with Crippen LogP contribution in [0.25, 0.3) is 0 Å². The van der Waals surface area contributed by atoms with Crippen molar-refractivity contribution >= 4 is 15.7 Å². The maximum atomic E-state index is 11.7. The van der Waals surface area contributed by atoms with Gasteiger partial charge in [-0.3, -0.25) is 0 Å². The van der Waals surface area contributed by atoms with Crippen LogP contribution < -0.4 is 15.8 Å². The van der Waals surface area contributed by atoms with Crippen LogP contribution in [0.5, 0.6) is 0 Å². The predicted octanol–water partition coefficient (Wildman–Crippen LogP) is 1.13. The molecule has 1 aromatic rings. The van der Waals surface area contributed by atoms with Gasteiger partial charge in [0.2, 0.25) is 10.0 Å². The normalized spacial score (nSPS) is 12.4. The van der Waals surface area contributed by atoms with Gasteiger partial charge in [-0.1, -0.05) is 6.92 Å². The van der Waals surface area contributed by atoms with Crippen LogP contribution in [-0.4, -0.2) is 27.0 Å². The van der Waals surface area contributed by atoms with Crippen molar-refractivity contribution in [2.24, 2.45) is 5.73 Å². The maximum Gasteiger partial charge on any atom is 0.240 e. The Bertz CT molecular complexity index is 481. The lowest BCUT2D eigenvalue weighted by molar-refractivity contribution is 0.580. The van der Waals surface area contributed by atoms with Crippen molar-refractivity contribution in [2.45, 2.75) is 31.2 Å². The van der Waals surface area contributed by atoms with E-state index in [1.165, 1.54) is 0 Å². The zero-order valence-corrected chi connectivity index (χ0v) is 11.8. The molecule has 0 aliphatic heterocycles. The number of rotatable bonds is 6. The Morgan fingerprint density at radius 1 is 1.22 bits per heavy atom. The highest BCUT2D eigenvalue weighted by atomic mass is 32.2. The Balaban J connectivity index is 2.87. The van der Waals surface area contributed by atoms with Crippen LogP contribution in [0.15, 0.2) is 29.2 Å². The lowest BCUT2D eigenvalue weighted by Gasteiger charge is -2.25. The van der Waals surface area contributed by atoms with Crippen LogP contribution in [0.2, 0.25) is 0 Å². The smallest absolute Gasteiger partial charge is 0.240 e. The molecule has 0 unspecified atom stereocenters. The van der Waals surface area contributed by atoms with Crippen molar-refractivity contribution in [3.63, 3.8) is 0 Å². The molecule has 0 amide bonds. The molecular formula is C12H21N3O2S. The molecule has 0 atom stereocenters. The minimum atomic E-state index is -3.38. The van der Waals surface area contributed by atoms with Crippen LogP contribution in [-0.2, 0) is 10.0 Å². The Hall–Kier alpha value is -1.11. The Morgan fingerprint density at radius 3 is 2.22 bits per heavy atom. The molecule has 0 saturated carbocycles. The van der Waals surface area contributed by atoms with Crippen LogP contribution in [0, 0.1) is 0 Å². The monoisotopic (exact) mass is 271 g/mol. The lowest BCUT2D eigenvalue weighted by atomic mass is 10.1. The molecule has 0 aliphatic rings. The summed E-state index contributed by atoms with van der Waals surface area (Å²) < 4.78 is 25.9. The third-order valence-electron chi connectivity index (χ3n) is 2.49. The first-order valence-corrected chi connectivity index (χ1v) is 7.37. The SMILES string of the molecule is CCNS(=O)(=O)c1ccc(NC(C)(C)CN)cc1. The van der Waals surface area contributed by atoms with Crippen molar-refractivity contribution in [3.05, 3.63) is 24.3 Å².